The molecule has 2 fully saturated rings. The van der Waals surface area contributed by atoms with Crippen LogP contribution < -0.4 is 4.90 Å². The lowest BCUT2D eigenvalue weighted by molar-refractivity contribution is 0.199. The molecule has 2 heterocycles. The molecule has 2 saturated heterocycles. The van der Waals surface area contributed by atoms with Crippen LogP contribution in [0.15, 0.2) is 18.2 Å². The first-order chi connectivity index (χ1) is 9.56. The summed E-state index contributed by atoms with van der Waals surface area (Å²) in [5.41, 5.74) is 1.31. The molecular weight excluding hydrogens is 255 g/mol. The van der Waals surface area contributed by atoms with Crippen LogP contribution in [0, 0.1) is 5.82 Å². The summed E-state index contributed by atoms with van der Waals surface area (Å²) in [5, 5.41) is 9.53. The summed E-state index contributed by atoms with van der Waals surface area (Å²) in [6, 6.07) is 6.31. The number of aliphatic hydroxyl groups excluding tert-OH is 1. The fourth-order valence-electron chi connectivity index (χ4n) is 3.57. The molecule has 3 nitrogen and oxygen atoms in total. The molecule has 0 aromatic heterocycles. The Labute approximate surface area is 120 Å². The van der Waals surface area contributed by atoms with E-state index in [9.17, 15) is 9.50 Å². The highest BCUT2D eigenvalue weighted by molar-refractivity contribution is 5.50. The van der Waals surface area contributed by atoms with Gasteiger partial charge in [-0.2, -0.15) is 0 Å². The minimum absolute atomic E-state index is 0.219. The molecule has 0 amide bonds. The molecule has 3 atom stereocenters. The molecule has 0 radical (unpaired) electrons. The van der Waals surface area contributed by atoms with Crippen LogP contribution in [-0.2, 0) is 0 Å². The zero-order valence-electron chi connectivity index (χ0n) is 12.2. The standard InChI is InChI=1S/C16H23FN2O/c1-11(20)12-3-6-16(15(17)9-12)19-8-7-13-4-5-14(10-19)18(13)2/h3,6,9,11,13-14,20H,4-5,7-8,10H2,1-2H3/t11-,13?,14?/m0/s1. The van der Waals surface area contributed by atoms with Crippen LogP contribution >= 0.6 is 0 Å². The molecule has 3 rings (SSSR count). The quantitative estimate of drug-likeness (QED) is 0.900. The van der Waals surface area contributed by atoms with Crippen molar-refractivity contribution >= 4 is 5.69 Å². The van der Waals surface area contributed by atoms with E-state index in [-0.39, 0.29) is 5.82 Å². The number of anilines is 1. The van der Waals surface area contributed by atoms with Gasteiger partial charge in [0.25, 0.3) is 0 Å². The van der Waals surface area contributed by atoms with Crippen molar-refractivity contribution in [3.05, 3.63) is 29.6 Å². The van der Waals surface area contributed by atoms with Crippen molar-refractivity contribution in [3.63, 3.8) is 0 Å². The number of hydrogen-bond donors (Lipinski definition) is 1. The zero-order valence-corrected chi connectivity index (χ0v) is 12.2. The first kappa shape index (κ1) is 13.8. The fraction of sp³-hybridized carbons (Fsp3) is 0.625. The van der Waals surface area contributed by atoms with Gasteiger partial charge < -0.3 is 10.0 Å². The second kappa shape index (κ2) is 5.34. The number of nitrogens with zero attached hydrogens (tertiary/aromatic N) is 2. The van der Waals surface area contributed by atoms with Gasteiger partial charge in [0.05, 0.1) is 11.8 Å². The summed E-state index contributed by atoms with van der Waals surface area (Å²) in [4.78, 5) is 4.63. The Morgan fingerprint density at radius 3 is 2.70 bits per heavy atom. The molecule has 1 aromatic carbocycles. The summed E-state index contributed by atoms with van der Waals surface area (Å²) in [5.74, 6) is -0.219. The van der Waals surface area contributed by atoms with E-state index >= 15 is 0 Å². The second-order valence-corrected chi connectivity index (χ2v) is 6.17. The van der Waals surface area contributed by atoms with E-state index < -0.39 is 6.10 Å². The second-order valence-electron chi connectivity index (χ2n) is 6.17. The van der Waals surface area contributed by atoms with E-state index in [2.05, 4.69) is 16.8 Å². The van der Waals surface area contributed by atoms with Gasteiger partial charge in [-0.15, -0.1) is 0 Å². The number of hydrogen-bond acceptors (Lipinski definition) is 3. The number of halogens is 1. The minimum atomic E-state index is -0.621. The summed E-state index contributed by atoms with van der Waals surface area (Å²) in [6.45, 7) is 3.47. The number of fused-ring (bicyclic) bond motifs is 2. The van der Waals surface area contributed by atoms with Crippen molar-refractivity contribution in [1.29, 1.82) is 0 Å². The predicted octanol–water partition coefficient (Wildman–Crippen LogP) is 2.55. The van der Waals surface area contributed by atoms with Crippen LogP contribution in [0.5, 0.6) is 0 Å². The Morgan fingerprint density at radius 1 is 1.25 bits per heavy atom. The van der Waals surface area contributed by atoms with Crippen LogP contribution in [0.2, 0.25) is 0 Å². The molecular formula is C16H23FN2O. The third-order valence-electron chi connectivity index (χ3n) is 4.94. The lowest BCUT2D eigenvalue weighted by atomic mass is 10.1. The van der Waals surface area contributed by atoms with E-state index in [1.165, 1.54) is 18.9 Å². The highest BCUT2D eigenvalue weighted by Crippen LogP contribution is 2.32. The Bertz CT molecular complexity index is 491. The molecule has 4 heteroatoms. The normalized spacial score (nSPS) is 28.5. The van der Waals surface area contributed by atoms with Crippen molar-refractivity contribution < 1.29 is 9.50 Å². The minimum Gasteiger partial charge on any atom is -0.389 e. The van der Waals surface area contributed by atoms with Gasteiger partial charge in [-0.1, -0.05) is 6.07 Å². The molecule has 1 N–H and O–H groups in total. The van der Waals surface area contributed by atoms with Crippen molar-refractivity contribution in [3.8, 4) is 0 Å². The van der Waals surface area contributed by atoms with E-state index in [4.69, 9.17) is 0 Å². The Balaban J connectivity index is 1.82. The van der Waals surface area contributed by atoms with Gasteiger partial charge in [0.1, 0.15) is 5.82 Å². The summed E-state index contributed by atoms with van der Waals surface area (Å²) >= 11 is 0. The molecule has 0 spiro atoms. The number of aliphatic hydroxyl groups is 1. The summed E-state index contributed by atoms with van der Waals surface area (Å²) < 4.78 is 14.3. The maximum atomic E-state index is 14.3. The fourth-order valence-corrected chi connectivity index (χ4v) is 3.57. The average Bonchev–Trinajstić information content (AvgIpc) is 2.64. The molecule has 0 saturated carbocycles. The van der Waals surface area contributed by atoms with E-state index in [0.29, 0.717) is 23.3 Å². The molecule has 0 aliphatic carbocycles. The van der Waals surface area contributed by atoms with Gasteiger partial charge in [0.2, 0.25) is 0 Å². The highest BCUT2D eigenvalue weighted by atomic mass is 19.1. The van der Waals surface area contributed by atoms with Crippen molar-refractivity contribution in [2.75, 3.05) is 25.0 Å². The maximum Gasteiger partial charge on any atom is 0.146 e. The molecule has 110 valence electrons. The van der Waals surface area contributed by atoms with Crippen LogP contribution in [0.25, 0.3) is 0 Å². The molecule has 20 heavy (non-hydrogen) atoms. The van der Waals surface area contributed by atoms with Crippen molar-refractivity contribution in [1.82, 2.24) is 4.90 Å². The van der Waals surface area contributed by atoms with Gasteiger partial charge in [0, 0.05) is 25.2 Å². The van der Waals surface area contributed by atoms with Crippen LogP contribution in [0.3, 0.4) is 0 Å². The third-order valence-corrected chi connectivity index (χ3v) is 4.94. The van der Waals surface area contributed by atoms with Crippen LogP contribution in [0.4, 0.5) is 10.1 Å². The number of likely N-dealkylation sites (N-methyl/N-ethyl adjacent to an activating group) is 1. The molecule has 2 unspecified atom stereocenters. The van der Waals surface area contributed by atoms with Crippen LogP contribution in [0.1, 0.15) is 37.9 Å². The Kier molecular flexibility index (Phi) is 3.69. The number of rotatable bonds is 2. The molecule has 2 aliphatic heterocycles. The average molecular weight is 278 g/mol. The first-order valence-corrected chi connectivity index (χ1v) is 7.50. The van der Waals surface area contributed by atoms with E-state index in [1.807, 2.05) is 12.1 Å². The predicted molar refractivity (Wildman–Crippen MR) is 78.4 cm³/mol. The highest BCUT2D eigenvalue weighted by Gasteiger charge is 2.35. The Hall–Kier alpha value is -1.13. The third kappa shape index (κ3) is 2.42. The van der Waals surface area contributed by atoms with Gasteiger partial charge in [0.15, 0.2) is 0 Å². The maximum absolute atomic E-state index is 14.3. The van der Waals surface area contributed by atoms with Crippen LogP contribution in [-0.4, -0.2) is 42.2 Å². The van der Waals surface area contributed by atoms with E-state index in [0.717, 1.165) is 19.5 Å². The lowest BCUT2D eigenvalue weighted by Crippen LogP contribution is -2.37. The van der Waals surface area contributed by atoms with Gasteiger partial charge in [-0.3, -0.25) is 4.90 Å². The molecule has 2 bridgehead atoms. The summed E-state index contributed by atoms with van der Waals surface area (Å²) in [6.07, 6.45) is 2.97. The monoisotopic (exact) mass is 278 g/mol. The van der Waals surface area contributed by atoms with Gasteiger partial charge in [-0.05, 0) is 50.9 Å². The first-order valence-electron chi connectivity index (χ1n) is 7.50. The van der Waals surface area contributed by atoms with Gasteiger partial charge >= 0.3 is 0 Å². The van der Waals surface area contributed by atoms with Crippen molar-refractivity contribution in [2.24, 2.45) is 0 Å². The van der Waals surface area contributed by atoms with Gasteiger partial charge in [-0.25, -0.2) is 4.39 Å². The topological polar surface area (TPSA) is 26.7 Å². The largest absolute Gasteiger partial charge is 0.389 e. The van der Waals surface area contributed by atoms with E-state index in [1.54, 1.807) is 6.92 Å². The molecule has 2 aliphatic rings. The lowest BCUT2D eigenvalue weighted by Gasteiger charge is -2.28. The zero-order chi connectivity index (χ0) is 14.3. The smallest absolute Gasteiger partial charge is 0.146 e. The molecule has 1 aromatic rings. The van der Waals surface area contributed by atoms with Crippen molar-refractivity contribution in [2.45, 2.75) is 44.4 Å². The number of benzene rings is 1. The SMILES string of the molecule is C[C@H](O)c1ccc(N2CCC3CCC(C2)N3C)c(F)c1. The summed E-state index contributed by atoms with van der Waals surface area (Å²) in [7, 11) is 2.19. The Morgan fingerprint density at radius 2 is 2.00 bits per heavy atom.